The highest BCUT2D eigenvalue weighted by atomic mass is 19.4. The van der Waals surface area contributed by atoms with E-state index >= 15 is 0 Å². The van der Waals surface area contributed by atoms with Crippen LogP contribution in [-0.2, 0) is 0 Å². The Morgan fingerprint density at radius 2 is 1.87 bits per heavy atom. The van der Waals surface area contributed by atoms with Gasteiger partial charge in [0.1, 0.15) is 0 Å². The highest BCUT2D eigenvalue weighted by Crippen LogP contribution is 2.27. The van der Waals surface area contributed by atoms with Crippen LogP contribution in [0.25, 0.3) is 0 Å². The second-order valence-corrected chi connectivity index (χ2v) is 4.16. The zero-order chi connectivity index (χ0) is 11.3. The molecule has 0 aromatic heterocycles. The molecule has 0 heterocycles. The molecule has 15 heavy (non-hydrogen) atoms. The molecule has 0 saturated carbocycles. The Balaban J connectivity index is 2.52. The Labute approximate surface area is 88.5 Å². The van der Waals surface area contributed by atoms with E-state index in [1.54, 1.807) is 0 Å². The van der Waals surface area contributed by atoms with Crippen molar-refractivity contribution >= 4 is 0 Å². The van der Waals surface area contributed by atoms with Crippen LogP contribution < -0.4 is 5.73 Å². The van der Waals surface area contributed by atoms with Crippen LogP contribution in [0.4, 0.5) is 13.2 Å². The van der Waals surface area contributed by atoms with E-state index in [0.717, 1.165) is 37.7 Å². The van der Waals surface area contributed by atoms with Gasteiger partial charge in [-0.05, 0) is 25.7 Å². The van der Waals surface area contributed by atoms with Crippen molar-refractivity contribution in [1.29, 1.82) is 0 Å². The smallest absolute Gasteiger partial charge is 0.324 e. The normalized spacial score (nSPS) is 21.5. The molecule has 1 aliphatic carbocycles. The molecule has 0 radical (unpaired) electrons. The standard InChI is InChI=1S/C11H18F3N/c12-11(13,14)8-10(15)9-6-4-2-1-3-5-7-9/h6,10H,1-5,7-8,15H2. The van der Waals surface area contributed by atoms with E-state index in [4.69, 9.17) is 5.73 Å². The molecule has 1 nitrogen and oxygen atoms in total. The van der Waals surface area contributed by atoms with Crippen LogP contribution in [0.1, 0.15) is 44.9 Å². The molecule has 0 aromatic carbocycles. The summed E-state index contributed by atoms with van der Waals surface area (Å²) in [4.78, 5) is 0. The van der Waals surface area contributed by atoms with Crippen LogP contribution >= 0.6 is 0 Å². The number of hydrogen-bond donors (Lipinski definition) is 1. The topological polar surface area (TPSA) is 26.0 Å². The first-order valence-electron chi connectivity index (χ1n) is 5.50. The van der Waals surface area contributed by atoms with E-state index in [0.29, 0.717) is 0 Å². The fourth-order valence-corrected chi connectivity index (χ4v) is 1.93. The second kappa shape index (κ2) is 5.54. The number of halogens is 3. The maximum Gasteiger partial charge on any atom is 0.390 e. The molecular weight excluding hydrogens is 203 g/mol. The predicted molar refractivity (Wildman–Crippen MR) is 54.4 cm³/mol. The summed E-state index contributed by atoms with van der Waals surface area (Å²) >= 11 is 0. The lowest BCUT2D eigenvalue weighted by Gasteiger charge is -2.19. The summed E-state index contributed by atoms with van der Waals surface area (Å²) in [6.07, 6.45) is 2.81. The zero-order valence-corrected chi connectivity index (χ0v) is 8.82. The molecule has 1 atom stereocenters. The highest BCUT2D eigenvalue weighted by Gasteiger charge is 2.31. The van der Waals surface area contributed by atoms with Crippen molar-refractivity contribution in [3.8, 4) is 0 Å². The molecule has 0 fully saturated rings. The third-order valence-corrected chi connectivity index (χ3v) is 2.75. The molecule has 1 aliphatic rings. The Kier molecular flexibility index (Phi) is 4.64. The maximum atomic E-state index is 12.1. The fourth-order valence-electron chi connectivity index (χ4n) is 1.93. The minimum atomic E-state index is -4.15. The van der Waals surface area contributed by atoms with E-state index in [9.17, 15) is 13.2 Å². The first kappa shape index (κ1) is 12.6. The van der Waals surface area contributed by atoms with Crippen molar-refractivity contribution in [3.63, 3.8) is 0 Å². The number of hydrogen-bond acceptors (Lipinski definition) is 1. The average molecular weight is 221 g/mol. The fraction of sp³-hybridized carbons (Fsp3) is 0.818. The second-order valence-electron chi connectivity index (χ2n) is 4.16. The largest absolute Gasteiger partial charge is 0.390 e. The van der Waals surface area contributed by atoms with Crippen LogP contribution in [0.3, 0.4) is 0 Å². The van der Waals surface area contributed by atoms with Gasteiger partial charge in [0.05, 0.1) is 6.42 Å². The minimum Gasteiger partial charge on any atom is -0.324 e. The molecule has 0 aliphatic heterocycles. The van der Waals surface area contributed by atoms with E-state index in [1.165, 1.54) is 6.42 Å². The van der Waals surface area contributed by atoms with Crippen molar-refractivity contribution in [2.45, 2.75) is 57.2 Å². The molecule has 1 unspecified atom stereocenters. The Morgan fingerprint density at radius 1 is 1.20 bits per heavy atom. The molecule has 1 rings (SSSR count). The molecule has 0 spiro atoms. The average Bonchev–Trinajstić information content (AvgIpc) is 1.98. The van der Waals surface area contributed by atoms with Crippen LogP contribution in [0, 0.1) is 0 Å². The highest BCUT2D eigenvalue weighted by molar-refractivity contribution is 5.11. The monoisotopic (exact) mass is 221 g/mol. The van der Waals surface area contributed by atoms with Gasteiger partial charge in [-0.3, -0.25) is 0 Å². The van der Waals surface area contributed by atoms with Crippen molar-refractivity contribution in [2.24, 2.45) is 5.73 Å². The van der Waals surface area contributed by atoms with Crippen LogP contribution in [0.2, 0.25) is 0 Å². The minimum absolute atomic E-state index is 0.733. The number of rotatable bonds is 2. The third-order valence-electron chi connectivity index (χ3n) is 2.75. The van der Waals surface area contributed by atoms with E-state index in [1.807, 2.05) is 6.08 Å². The summed E-state index contributed by atoms with van der Waals surface area (Å²) in [6.45, 7) is 0. The molecule has 0 bridgehead atoms. The summed E-state index contributed by atoms with van der Waals surface area (Å²) in [5.74, 6) is 0. The van der Waals surface area contributed by atoms with Crippen molar-refractivity contribution in [2.75, 3.05) is 0 Å². The molecular formula is C11H18F3N. The Hall–Kier alpha value is -0.510. The van der Waals surface area contributed by atoms with Gasteiger partial charge < -0.3 is 5.73 Å². The SMILES string of the molecule is NC(CC(F)(F)F)C1=CCCCCCC1. The molecule has 2 N–H and O–H groups in total. The Bertz CT molecular complexity index is 220. The number of alkyl halides is 3. The van der Waals surface area contributed by atoms with Gasteiger partial charge in [0.2, 0.25) is 0 Å². The summed E-state index contributed by atoms with van der Waals surface area (Å²) in [5, 5.41) is 0. The van der Waals surface area contributed by atoms with Gasteiger partial charge in [-0.15, -0.1) is 0 Å². The lowest BCUT2D eigenvalue weighted by atomic mass is 9.94. The summed E-state index contributed by atoms with van der Waals surface area (Å²) < 4.78 is 36.4. The maximum absolute atomic E-state index is 12.1. The van der Waals surface area contributed by atoms with E-state index in [-0.39, 0.29) is 0 Å². The molecule has 0 aromatic rings. The quantitative estimate of drug-likeness (QED) is 0.709. The van der Waals surface area contributed by atoms with Gasteiger partial charge in [-0.1, -0.05) is 24.5 Å². The Morgan fingerprint density at radius 3 is 2.53 bits per heavy atom. The first-order chi connectivity index (χ1) is 6.99. The van der Waals surface area contributed by atoms with Crippen molar-refractivity contribution in [1.82, 2.24) is 0 Å². The van der Waals surface area contributed by atoms with Crippen molar-refractivity contribution < 1.29 is 13.2 Å². The van der Waals surface area contributed by atoms with Crippen LogP contribution in [0.5, 0.6) is 0 Å². The predicted octanol–water partition coefficient (Wildman–Crippen LogP) is 3.55. The van der Waals surface area contributed by atoms with Crippen LogP contribution in [0.15, 0.2) is 11.6 Å². The first-order valence-corrected chi connectivity index (χ1v) is 5.50. The van der Waals surface area contributed by atoms with Gasteiger partial charge >= 0.3 is 6.18 Å². The van der Waals surface area contributed by atoms with Crippen molar-refractivity contribution in [3.05, 3.63) is 11.6 Å². The molecule has 4 heteroatoms. The van der Waals surface area contributed by atoms with Gasteiger partial charge in [0, 0.05) is 6.04 Å². The molecule has 0 saturated heterocycles. The van der Waals surface area contributed by atoms with Gasteiger partial charge in [-0.25, -0.2) is 0 Å². The lowest BCUT2D eigenvalue weighted by Crippen LogP contribution is -2.29. The third kappa shape index (κ3) is 5.21. The van der Waals surface area contributed by atoms with Crippen LogP contribution in [-0.4, -0.2) is 12.2 Å². The van der Waals surface area contributed by atoms with Gasteiger partial charge in [-0.2, -0.15) is 13.2 Å². The summed E-state index contributed by atoms with van der Waals surface area (Å²) in [7, 11) is 0. The lowest BCUT2D eigenvalue weighted by molar-refractivity contribution is -0.136. The number of allylic oxidation sites excluding steroid dienone is 1. The summed E-state index contributed by atoms with van der Waals surface area (Å²) in [6, 6.07) is -0.830. The molecule has 0 amide bonds. The van der Waals surface area contributed by atoms with E-state index < -0.39 is 18.6 Å². The zero-order valence-electron chi connectivity index (χ0n) is 8.82. The molecule has 88 valence electrons. The van der Waals surface area contributed by atoms with Gasteiger partial charge in [0.15, 0.2) is 0 Å². The van der Waals surface area contributed by atoms with E-state index in [2.05, 4.69) is 0 Å². The summed E-state index contributed by atoms with van der Waals surface area (Å²) in [5.41, 5.74) is 6.36. The van der Waals surface area contributed by atoms with Gasteiger partial charge in [0.25, 0.3) is 0 Å². The number of nitrogens with two attached hydrogens (primary N) is 1.